The summed E-state index contributed by atoms with van der Waals surface area (Å²) in [4.78, 5) is 0. The summed E-state index contributed by atoms with van der Waals surface area (Å²) in [7, 11) is 0. The maximum absolute atomic E-state index is 4.60. The van der Waals surface area contributed by atoms with Gasteiger partial charge < -0.3 is 5.32 Å². The summed E-state index contributed by atoms with van der Waals surface area (Å²) in [6.07, 6.45) is 6.58. The van der Waals surface area contributed by atoms with Gasteiger partial charge in [0.1, 0.15) is 0 Å². The number of nitrogens with one attached hydrogen (secondary N) is 1. The van der Waals surface area contributed by atoms with Crippen molar-refractivity contribution in [1.82, 2.24) is 15.1 Å². The number of likely N-dealkylation sites (N-methyl/N-ethyl adjacent to an activating group) is 1. The highest BCUT2D eigenvalue weighted by Crippen LogP contribution is 2.39. The number of aromatic nitrogens is 2. The molecule has 1 aliphatic rings. The van der Waals surface area contributed by atoms with Gasteiger partial charge in [-0.25, -0.2) is 0 Å². The van der Waals surface area contributed by atoms with Crippen LogP contribution < -0.4 is 5.32 Å². The van der Waals surface area contributed by atoms with E-state index in [9.17, 15) is 0 Å². The molecular formula is C18H33N3. The van der Waals surface area contributed by atoms with Crippen LogP contribution >= 0.6 is 0 Å². The normalized spacial score (nSPS) is 20.6. The van der Waals surface area contributed by atoms with E-state index < -0.39 is 0 Å². The van der Waals surface area contributed by atoms with Crippen LogP contribution in [-0.4, -0.2) is 22.4 Å². The molecule has 0 aromatic carbocycles. The van der Waals surface area contributed by atoms with Gasteiger partial charge >= 0.3 is 0 Å². The van der Waals surface area contributed by atoms with Crippen LogP contribution in [-0.2, 0) is 13.0 Å². The van der Waals surface area contributed by atoms with Gasteiger partial charge in [-0.1, -0.05) is 20.8 Å². The molecule has 1 aliphatic carbocycles. The summed E-state index contributed by atoms with van der Waals surface area (Å²) < 4.78 is 2.17. The summed E-state index contributed by atoms with van der Waals surface area (Å²) in [6.45, 7) is 13.4. The maximum Gasteiger partial charge on any atom is 0.0596 e. The Morgan fingerprint density at radius 2 is 2.00 bits per heavy atom. The van der Waals surface area contributed by atoms with Crippen LogP contribution in [0.15, 0.2) is 6.07 Å². The monoisotopic (exact) mass is 291 g/mol. The Morgan fingerprint density at radius 3 is 2.57 bits per heavy atom. The summed E-state index contributed by atoms with van der Waals surface area (Å²) in [5, 5.41) is 8.35. The fraction of sp³-hybridized carbons (Fsp3) is 0.833. The van der Waals surface area contributed by atoms with E-state index in [1.165, 1.54) is 31.4 Å². The molecule has 1 N–H and O–H groups in total. The van der Waals surface area contributed by atoms with Crippen molar-refractivity contribution in [1.29, 1.82) is 0 Å². The molecule has 0 saturated heterocycles. The topological polar surface area (TPSA) is 29.9 Å². The molecule has 120 valence electrons. The van der Waals surface area contributed by atoms with Crippen LogP contribution in [0.5, 0.6) is 0 Å². The molecule has 1 aromatic rings. The first-order valence-corrected chi connectivity index (χ1v) is 8.72. The summed E-state index contributed by atoms with van der Waals surface area (Å²) in [6, 6.07) is 2.87. The van der Waals surface area contributed by atoms with E-state index in [1.54, 1.807) is 0 Å². The van der Waals surface area contributed by atoms with E-state index in [1.807, 2.05) is 0 Å². The first kappa shape index (κ1) is 16.5. The van der Waals surface area contributed by atoms with Crippen molar-refractivity contribution in [2.75, 3.05) is 6.54 Å². The molecule has 1 fully saturated rings. The van der Waals surface area contributed by atoms with E-state index >= 15 is 0 Å². The second-order valence-electron chi connectivity index (χ2n) is 7.46. The second kappa shape index (κ2) is 6.95. The second-order valence-corrected chi connectivity index (χ2v) is 7.46. The molecule has 1 heterocycles. The van der Waals surface area contributed by atoms with Gasteiger partial charge in [-0.15, -0.1) is 0 Å². The van der Waals surface area contributed by atoms with E-state index in [-0.39, 0.29) is 0 Å². The lowest BCUT2D eigenvalue weighted by molar-refractivity contribution is 0.160. The Kier molecular flexibility index (Phi) is 5.48. The SMILES string of the molecule is CCNC(Cc1cc(C)nn1CC)C1CCC(C)(C)CC1. The Bertz CT molecular complexity index is 437. The Labute approximate surface area is 130 Å². The minimum absolute atomic E-state index is 0.551. The maximum atomic E-state index is 4.60. The van der Waals surface area contributed by atoms with Crippen LogP contribution in [0, 0.1) is 18.3 Å². The van der Waals surface area contributed by atoms with Gasteiger partial charge in [0.25, 0.3) is 0 Å². The molecule has 0 radical (unpaired) electrons. The van der Waals surface area contributed by atoms with Gasteiger partial charge in [-0.2, -0.15) is 5.10 Å². The van der Waals surface area contributed by atoms with Gasteiger partial charge in [0.2, 0.25) is 0 Å². The molecule has 0 amide bonds. The van der Waals surface area contributed by atoms with Crippen molar-refractivity contribution in [3.05, 3.63) is 17.5 Å². The predicted octanol–water partition coefficient (Wildman–Crippen LogP) is 3.95. The third-order valence-electron chi connectivity index (χ3n) is 5.13. The molecule has 1 saturated carbocycles. The van der Waals surface area contributed by atoms with Crippen molar-refractivity contribution in [3.63, 3.8) is 0 Å². The quantitative estimate of drug-likeness (QED) is 0.860. The van der Waals surface area contributed by atoms with Crippen LogP contribution in [0.3, 0.4) is 0 Å². The zero-order chi connectivity index (χ0) is 15.5. The van der Waals surface area contributed by atoms with E-state index in [4.69, 9.17) is 0 Å². The van der Waals surface area contributed by atoms with Gasteiger partial charge in [0.05, 0.1) is 5.69 Å². The van der Waals surface area contributed by atoms with Crippen molar-refractivity contribution < 1.29 is 0 Å². The Hall–Kier alpha value is -0.830. The summed E-state index contributed by atoms with van der Waals surface area (Å²) in [5.74, 6) is 0.818. The van der Waals surface area contributed by atoms with Crippen LogP contribution in [0.2, 0.25) is 0 Å². The third kappa shape index (κ3) is 4.32. The molecule has 3 nitrogen and oxygen atoms in total. The van der Waals surface area contributed by atoms with Crippen LogP contribution in [0.1, 0.15) is 64.8 Å². The van der Waals surface area contributed by atoms with Crippen molar-refractivity contribution in [3.8, 4) is 0 Å². The molecule has 1 atom stereocenters. The van der Waals surface area contributed by atoms with Gasteiger partial charge in [-0.3, -0.25) is 4.68 Å². The minimum atomic E-state index is 0.551. The fourth-order valence-corrected chi connectivity index (χ4v) is 3.75. The number of nitrogens with zero attached hydrogens (tertiary/aromatic N) is 2. The van der Waals surface area contributed by atoms with Crippen molar-refractivity contribution >= 4 is 0 Å². The van der Waals surface area contributed by atoms with Gasteiger partial charge in [0.15, 0.2) is 0 Å². The van der Waals surface area contributed by atoms with E-state index in [0.29, 0.717) is 11.5 Å². The standard InChI is InChI=1S/C18H33N3/c1-6-19-17(15-8-10-18(4,5)11-9-15)13-16-12-14(3)20-21(16)7-2/h12,15,17,19H,6-11,13H2,1-5H3. The van der Waals surface area contributed by atoms with Crippen molar-refractivity contribution in [2.24, 2.45) is 11.3 Å². The minimum Gasteiger partial charge on any atom is -0.314 e. The zero-order valence-electron chi connectivity index (χ0n) is 14.6. The highest BCUT2D eigenvalue weighted by Gasteiger charge is 2.31. The molecule has 0 bridgehead atoms. The molecule has 3 heteroatoms. The molecular weight excluding hydrogens is 258 g/mol. The Morgan fingerprint density at radius 1 is 1.33 bits per heavy atom. The fourth-order valence-electron chi connectivity index (χ4n) is 3.75. The lowest BCUT2D eigenvalue weighted by Crippen LogP contribution is -2.41. The van der Waals surface area contributed by atoms with E-state index in [2.05, 4.69) is 55.8 Å². The van der Waals surface area contributed by atoms with Crippen molar-refractivity contribution in [2.45, 2.75) is 79.3 Å². The zero-order valence-corrected chi connectivity index (χ0v) is 14.6. The first-order valence-electron chi connectivity index (χ1n) is 8.72. The highest BCUT2D eigenvalue weighted by molar-refractivity contribution is 5.11. The van der Waals surface area contributed by atoms with Crippen LogP contribution in [0.4, 0.5) is 0 Å². The molecule has 1 unspecified atom stereocenters. The predicted molar refractivity (Wildman–Crippen MR) is 89.5 cm³/mol. The first-order chi connectivity index (χ1) is 9.95. The average Bonchev–Trinajstić information content (AvgIpc) is 2.78. The lowest BCUT2D eigenvalue weighted by atomic mass is 9.70. The number of rotatable bonds is 6. The van der Waals surface area contributed by atoms with Gasteiger partial charge in [-0.05, 0) is 63.5 Å². The summed E-state index contributed by atoms with van der Waals surface area (Å²) >= 11 is 0. The third-order valence-corrected chi connectivity index (χ3v) is 5.13. The highest BCUT2D eigenvalue weighted by atomic mass is 15.3. The summed E-state index contributed by atoms with van der Waals surface area (Å²) in [5.41, 5.74) is 3.09. The lowest BCUT2D eigenvalue weighted by Gasteiger charge is -2.38. The van der Waals surface area contributed by atoms with Crippen LogP contribution in [0.25, 0.3) is 0 Å². The molecule has 1 aromatic heterocycles. The molecule has 0 aliphatic heterocycles. The average molecular weight is 291 g/mol. The Balaban J connectivity index is 2.05. The molecule has 0 spiro atoms. The molecule has 2 rings (SSSR count). The number of hydrogen-bond donors (Lipinski definition) is 1. The smallest absolute Gasteiger partial charge is 0.0596 e. The number of aryl methyl sites for hydroxylation is 2. The molecule has 21 heavy (non-hydrogen) atoms. The van der Waals surface area contributed by atoms with E-state index in [0.717, 1.165) is 31.1 Å². The number of hydrogen-bond acceptors (Lipinski definition) is 2. The van der Waals surface area contributed by atoms with Gasteiger partial charge in [0, 0.05) is 24.7 Å². The largest absolute Gasteiger partial charge is 0.314 e.